The van der Waals surface area contributed by atoms with Gasteiger partial charge in [0, 0.05) is 37.3 Å². The minimum atomic E-state index is -0.285. The quantitative estimate of drug-likeness (QED) is 0.617. The van der Waals surface area contributed by atoms with Crippen molar-refractivity contribution >= 4 is 11.9 Å². The number of benzene rings is 2. The lowest BCUT2D eigenvalue weighted by Crippen LogP contribution is -2.34. The summed E-state index contributed by atoms with van der Waals surface area (Å²) in [6.45, 7) is 2.06. The Labute approximate surface area is 166 Å². The van der Waals surface area contributed by atoms with Crippen molar-refractivity contribution in [2.24, 2.45) is 0 Å². The first-order chi connectivity index (χ1) is 13.5. The van der Waals surface area contributed by atoms with E-state index in [-0.39, 0.29) is 11.9 Å². The zero-order valence-electron chi connectivity index (χ0n) is 16.6. The lowest BCUT2D eigenvalue weighted by molar-refractivity contribution is 0.0951. The van der Waals surface area contributed by atoms with E-state index in [1.54, 1.807) is 19.2 Å². The number of ether oxygens (including phenoxy) is 1. The molecule has 0 aliphatic carbocycles. The predicted molar refractivity (Wildman–Crippen MR) is 109 cm³/mol. The van der Waals surface area contributed by atoms with Gasteiger partial charge in [0.25, 0.3) is 5.91 Å². The van der Waals surface area contributed by atoms with E-state index in [9.17, 15) is 9.59 Å². The third-order valence-electron chi connectivity index (χ3n) is 4.12. The molecular formula is C21H28N4O3. The van der Waals surface area contributed by atoms with Gasteiger partial charge < -0.3 is 25.6 Å². The van der Waals surface area contributed by atoms with Crippen LogP contribution in [0.5, 0.6) is 5.75 Å². The summed E-state index contributed by atoms with van der Waals surface area (Å²) >= 11 is 0. The lowest BCUT2D eigenvalue weighted by atomic mass is 10.1. The molecule has 0 fully saturated rings. The molecule has 2 aromatic rings. The zero-order valence-corrected chi connectivity index (χ0v) is 16.6. The molecule has 3 amide bonds. The second-order valence-electron chi connectivity index (χ2n) is 6.61. The van der Waals surface area contributed by atoms with E-state index in [1.807, 2.05) is 55.4 Å². The van der Waals surface area contributed by atoms with E-state index >= 15 is 0 Å². The van der Waals surface area contributed by atoms with Crippen molar-refractivity contribution in [3.63, 3.8) is 0 Å². The molecule has 28 heavy (non-hydrogen) atoms. The second kappa shape index (κ2) is 10.9. The summed E-state index contributed by atoms with van der Waals surface area (Å²) in [7, 11) is 5.51. The van der Waals surface area contributed by atoms with Crippen LogP contribution in [-0.4, -0.2) is 51.1 Å². The van der Waals surface area contributed by atoms with Gasteiger partial charge >= 0.3 is 6.03 Å². The predicted octanol–water partition coefficient (Wildman–Crippen LogP) is 1.99. The third kappa shape index (κ3) is 6.92. The molecule has 2 rings (SSSR count). The van der Waals surface area contributed by atoms with E-state index in [2.05, 4.69) is 16.0 Å². The molecular weight excluding hydrogens is 356 g/mol. The second-order valence-corrected chi connectivity index (χ2v) is 6.61. The van der Waals surface area contributed by atoms with Gasteiger partial charge in [0.15, 0.2) is 0 Å². The standard InChI is InChI=1S/C21H28N4O3/c1-25(2)12-11-22-20(26)17-9-6-7-16(13-17)14-23-21(27)24-15-18-8-4-5-10-19(18)28-3/h4-10,13H,11-12,14-15H2,1-3H3,(H,22,26)(H2,23,24,27). The molecule has 2 aromatic carbocycles. The van der Waals surface area contributed by atoms with Crippen molar-refractivity contribution in [1.29, 1.82) is 0 Å². The van der Waals surface area contributed by atoms with Gasteiger partial charge in [0.1, 0.15) is 5.75 Å². The van der Waals surface area contributed by atoms with Crippen LogP contribution in [0.15, 0.2) is 48.5 Å². The molecule has 0 heterocycles. The number of urea groups is 1. The zero-order chi connectivity index (χ0) is 20.4. The molecule has 0 unspecified atom stereocenters. The van der Waals surface area contributed by atoms with Crippen LogP contribution in [-0.2, 0) is 13.1 Å². The smallest absolute Gasteiger partial charge is 0.315 e. The number of carbonyl (C=O) groups excluding carboxylic acids is 2. The van der Waals surface area contributed by atoms with Crippen LogP contribution in [0.2, 0.25) is 0 Å². The van der Waals surface area contributed by atoms with Crippen molar-refractivity contribution in [3.05, 3.63) is 65.2 Å². The highest BCUT2D eigenvalue weighted by Gasteiger charge is 2.08. The molecule has 0 atom stereocenters. The largest absolute Gasteiger partial charge is 0.496 e. The highest BCUT2D eigenvalue weighted by atomic mass is 16.5. The van der Waals surface area contributed by atoms with E-state index in [0.717, 1.165) is 23.4 Å². The maximum absolute atomic E-state index is 12.2. The number of hydrogen-bond donors (Lipinski definition) is 3. The van der Waals surface area contributed by atoms with Crippen molar-refractivity contribution in [2.75, 3.05) is 34.3 Å². The minimum Gasteiger partial charge on any atom is -0.496 e. The first-order valence-corrected chi connectivity index (χ1v) is 9.15. The van der Waals surface area contributed by atoms with Crippen molar-refractivity contribution in [2.45, 2.75) is 13.1 Å². The van der Waals surface area contributed by atoms with Crippen LogP contribution in [0.3, 0.4) is 0 Å². The molecule has 150 valence electrons. The normalized spacial score (nSPS) is 10.4. The number of amides is 3. The molecule has 0 saturated carbocycles. The molecule has 0 spiro atoms. The Balaban J connectivity index is 1.82. The average molecular weight is 384 g/mol. The number of likely N-dealkylation sites (N-methyl/N-ethyl adjacent to an activating group) is 1. The summed E-state index contributed by atoms with van der Waals surface area (Å²) in [6.07, 6.45) is 0. The lowest BCUT2D eigenvalue weighted by Gasteiger charge is -2.12. The summed E-state index contributed by atoms with van der Waals surface area (Å²) in [4.78, 5) is 26.3. The Bertz CT molecular complexity index is 793. The Kier molecular flexibility index (Phi) is 8.30. The van der Waals surface area contributed by atoms with Gasteiger partial charge in [-0.25, -0.2) is 4.79 Å². The van der Waals surface area contributed by atoms with Crippen LogP contribution in [0, 0.1) is 0 Å². The monoisotopic (exact) mass is 384 g/mol. The van der Waals surface area contributed by atoms with Crippen LogP contribution < -0.4 is 20.7 Å². The highest BCUT2D eigenvalue weighted by Crippen LogP contribution is 2.16. The van der Waals surface area contributed by atoms with Gasteiger partial charge in [-0.3, -0.25) is 4.79 Å². The molecule has 0 aliphatic heterocycles. The molecule has 0 bridgehead atoms. The molecule has 0 saturated heterocycles. The molecule has 3 N–H and O–H groups in total. The fraction of sp³-hybridized carbons (Fsp3) is 0.333. The number of para-hydroxylation sites is 1. The first-order valence-electron chi connectivity index (χ1n) is 9.15. The summed E-state index contributed by atoms with van der Waals surface area (Å²) < 4.78 is 5.27. The van der Waals surface area contributed by atoms with Crippen molar-refractivity contribution < 1.29 is 14.3 Å². The SMILES string of the molecule is COc1ccccc1CNC(=O)NCc1cccc(C(=O)NCCN(C)C)c1. The first kappa shape index (κ1) is 21.2. The number of rotatable bonds is 9. The Morgan fingerprint density at radius 1 is 0.964 bits per heavy atom. The Hall–Kier alpha value is -3.06. The van der Waals surface area contributed by atoms with Crippen LogP contribution in [0.4, 0.5) is 4.79 Å². The summed E-state index contributed by atoms with van der Waals surface area (Å²) in [5.41, 5.74) is 2.33. The molecule has 0 aromatic heterocycles. The fourth-order valence-electron chi connectivity index (χ4n) is 2.59. The van der Waals surface area contributed by atoms with Gasteiger partial charge in [-0.05, 0) is 37.9 Å². The van der Waals surface area contributed by atoms with Crippen LogP contribution >= 0.6 is 0 Å². The average Bonchev–Trinajstić information content (AvgIpc) is 2.70. The summed E-state index contributed by atoms with van der Waals surface area (Å²) in [6, 6.07) is 14.5. The number of nitrogens with zero attached hydrogens (tertiary/aromatic N) is 1. The molecule has 0 aliphatic rings. The van der Waals surface area contributed by atoms with E-state index < -0.39 is 0 Å². The Morgan fingerprint density at radius 3 is 2.46 bits per heavy atom. The third-order valence-corrected chi connectivity index (χ3v) is 4.12. The molecule has 7 heteroatoms. The number of methoxy groups -OCH3 is 1. The van der Waals surface area contributed by atoms with E-state index in [0.29, 0.717) is 25.2 Å². The van der Waals surface area contributed by atoms with Crippen LogP contribution in [0.25, 0.3) is 0 Å². The van der Waals surface area contributed by atoms with Crippen LogP contribution in [0.1, 0.15) is 21.5 Å². The maximum atomic E-state index is 12.2. The van der Waals surface area contributed by atoms with E-state index in [1.165, 1.54) is 0 Å². The van der Waals surface area contributed by atoms with E-state index in [4.69, 9.17) is 4.74 Å². The topological polar surface area (TPSA) is 82.7 Å². The molecule has 0 radical (unpaired) electrons. The molecule has 7 nitrogen and oxygen atoms in total. The number of hydrogen-bond acceptors (Lipinski definition) is 4. The minimum absolute atomic E-state index is 0.121. The summed E-state index contributed by atoms with van der Waals surface area (Å²) in [5, 5.41) is 8.49. The van der Waals surface area contributed by atoms with Crippen molar-refractivity contribution in [1.82, 2.24) is 20.9 Å². The fourth-order valence-corrected chi connectivity index (χ4v) is 2.59. The van der Waals surface area contributed by atoms with Gasteiger partial charge in [0.05, 0.1) is 7.11 Å². The summed E-state index contributed by atoms with van der Waals surface area (Å²) in [5.74, 6) is 0.611. The van der Waals surface area contributed by atoms with Gasteiger partial charge in [0.2, 0.25) is 0 Å². The van der Waals surface area contributed by atoms with Gasteiger partial charge in [-0.2, -0.15) is 0 Å². The Morgan fingerprint density at radius 2 is 1.71 bits per heavy atom. The van der Waals surface area contributed by atoms with Gasteiger partial charge in [-0.15, -0.1) is 0 Å². The number of carbonyl (C=O) groups is 2. The maximum Gasteiger partial charge on any atom is 0.315 e. The van der Waals surface area contributed by atoms with Crippen molar-refractivity contribution in [3.8, 4) is 5.75 Å². The number of nitrogens with one attached hydrogen (secondary N) is 3. The highest BCUT2D eigenvalue weighted by molar-refractivity contribution is 5.94. The van der Waals surface area contributed by atoms with Gasteiger partial charge in [-0.1, -0.05) is 30.3 Å².